The quantitative estimate of drug-likeness (QED) is 0.475. The second-order valence-electron chi connectivity index (χ2n) is 5.29. The van der Waals surface area contributed by atoms with Gasteiger partial charge < -0.3 is 9.22 Å². The van der Waals surface area contributed by atoms with Crippen LogP contribution >= 0.6 is 0 Å². The Hall–Kier alpha value is -0.0800. The van der Waals surface area contributed by atoms with Crippen LogP contribution in [0.25, 0.3) is 0 Å². The minimum Gasteiger partial charge on any atom is -0.376 e. The highest BCUT2D eigenvalue weighted by Gasteiger charge is 2.13. The van der Waals surface area contributed by atoms with Crippen LogP contribution in [0.5, 0.6) is 0 Å². The molecule has 2 nitrogen and oxygen atoms in total. The van der Waals surface area contributed by atoms with E-state index in [1.165, 1.54) is 13.1 Å². The fourth-order valence-corrected chi connectivity index (χ4v) is 1.03. The van der Waals surface area contributed by atoms with Crippen LogP contribution in [0.15, 0.2) is 0 Å². The van der Waals surface area contributed by atoms with Gasteiger partial charge in [-0.3, -0.25) is 0 Å². The minimum atomic E-state index is 0.0172. The number of nitrogens with zero attached hydrogens (tertiary/aromatic N) is 1. The highest BCUT2D eigenvalue weighted by molar-refractivity contribution is 4.58. The molecule has 0 radical (unpaired) electrons. The minimum absolute atomic E-state index is 0.0172. The van der Waals surface area contributed by atoms with Crippen LogP contribution in [0.2, 0.25) is 0 Å². The monoisotopic (exact) mass is 188 g/mol. The van der Waals surface area contributed by atoms with Crippen LogP contribution in [0.1, 0.15) is 34.1 Å². The van der Waals surface area contributed by atoms with E-state index in [1.807, 2.05) is 0 Å². The number of hydrogen-bond acceptors (Lipinski definition) is 1. The summed E-state index contributed by atoms with van der Waals surface area (Å²) in [5, 5.41) is 0. The summed E-state index contributed by atoms with van der Waals surface area (Å²) in [5.41, 5.74) is 0.0172. The largest absolute Gasteiger partial charge is 0.376 e. The third-order valence-corrected chi connectivity index (χ3v) is 2.30. The first kappa shape index (κ1) is 12.9. The lowest BCUT2D eigenvalue weighted by Crippen LogP contribution is -2.40. The van der Waals surface area contributed by atoms with Crippen molar-refractivity contribution < 1.29 is 9.22 Å². The summed E-state index contributed by atoms with van der Waals surface area (Å²) in [6.45, 7) is 11.8. The van der Waals surface area contributed by atoms with E-state index >= 15 is 0 Å². The van der Waals surface area contributed by atoms with E-state index in [0.29, 0.717) is 0 Å². The van der Waals surface area contributed by atoms with Crippen molar-refractivity contribution in [3.05, 3.63) is 0 Å². The van der Waals surface area contributed by atoms with Gasteiger partial charge in [-0.05, 0) is 27.7 Å². The van der Waals surface area contributed by atoms with Gasteiger partial charge in [0.2, 0.25) is 0 Å². The summed E-state index contributed by atoms with van der Waals surface area (Å²) in [4.78, 5) is 0. The third-order valence-electron chi connectivity index (χ3n) is 2.30. The first-order valence-electron chi connectivity index (χ1n) is 5.23. The standard InChI is InChI=1S/C11H26NO/c1-7-12(5,6)9-8-10-13-11(2,3)4/h7-10H2,1-6H3/q+1. The third kappa shape index (κ3) is 8.26. The molecule has 2 heteroatoms. The summed E-state index contributed by atoms with van der Waals surface area (Å²) in [6, 6.07) is 0. The van der Waals surface area contributed by atoms with E-state index in [9.17, 15) is 0 Å². The Morgan fingerprint density at radius 2 is 1.69 bits per heavy atom. The number of quaternary nitrogens is 1. The van der Waals surface area contributed by atoms with E-state index in [0.717, 1.165) is 17.5 Å². The predicted octanol–water partition coefficient (Wildman–Crippen LogP) is 2.29. The van der Waals surface area contributed by atoms with Crippen LogP contribution in [0.3, 0.4) is 0 Å². The average Bonchev–Trinajstić information content (AvgIpc) is 1.97. The van der Waals surface area contributed by atoms with Crippen molar-refractivity contribution in [3.63, 3.8) is 0 Å². The second kappa shape index (κ2) is 4.97. The molecular formula is C11H26NO+. The molecule has 0 bridgehead atoms. The topological polar surface area (TPSA) is 9.23 Å². The van der Waals surface area contributed by atoms with Crippen LogP contribution in [-0.4, -0.2) is 43.9 Å². The van der Waals surface area contributed by atoms with Gasteiger partial charge in [0.25, 0.3) is 0 Å². The maximum absolute atomic E-state index is 5.66. The van der Waals surface area contributed by atoms with Crippen molar-refractivity contribution in [1.29, 1.82) is 0 Å². The Morgan fingerprint density at radius 3 is 2.08 bits per heavy atom. The van der Waals surface area contributed by atoms with Crippen molar-refractivity contribution >= 4 is 0 Å². The Labute approximate surface area is 83.5 Å². The maximum Gasteiger partial charge on any atom is 0.0804 e. The zero-order valence-corrected chi connectivity index (χ0v) is 10.2. The first-order valence-corrected chi connectivity index (χ1v) is 5.23. The molecule has 0 rings (SSSR count). The Morgan fingerprint density at radius 1 is 1.15 bits per heavy atom. The predicted molar refractivity (Wildman–Crippen MR) is 57.8 cm³/mol. The zero-order valence-electron chi connectivity index (χ0n) is 10.2. The summed E-state index contributed by atoms with van der Waals surface area (Å²) in [6.07, 6.45) is 1.15. The lowest BCUT2D eigenvalue weighted by Gasteiger charge is -2.28. The summed E-state index contributed by atoms with van der Waals surface area (Å²) in [5.74, 6) is 0. The van der Waals surface area contributed by atoms with Gasteiger partial charge in [0, 0.05) is 6.42 Å². The molecular weight excluding hydrogens is 162 g/mol. The normalized spacial score (nSPS) is 13.4. The van der Waals surface area contributed by atoms with Crippen LogP contribution in [0, 0.1) is 0 Å². The summed E-state index contributed by atoms with van der Waals surface area (Å²) < 4.78 is 6.75. The number of rotatable bonds is 5. The maximum atomic E-state index is 5.66. The van der Waals surface area contributed by atoms with Crippen LogP contribution in [-0.2, 0) is 4.74 Å². The molecule has 0 aromatic heterocycles. The first-order chi connectivity index (χ1) is 5.77. The summed E-state index contributed by atoms with van der Waals surface area (Å²) in [7, 11) is 4.52. The molecule has 0 aromatic carbocycles. The van der Waals surface area contributed by atoms with Gasteiger partial charge in [-0.2, -0.15) is 0 Å². The lowest BCUT2D eigenvalue weighted by molar-refractivity contribution is -0.888. The van der Waals surface area contributed by atoms with Gasteiger partial charge in [0.15, 0.2) is 0 Å². The number of ether oxygens (including phenoxy) is 1. The SMILES string of the molecule is CC[N+](C)(C)CCCOC(C)(C)C. The lowest BCUT2D eigenvalue weighted by atomic mass is 10.2. The fraction of sp³-hybridized carbons (Fsp3) is 1.00. The van der Waals surface area contributed by atoms with E-state index in [4.69, 9.17) is 4.74 Å². The molecule has 0 atom stereocenters. The van der Waals surface area contributed by atoms with Gasteiger partial charge in [0.05, 0.1) is 39.4 Å². The molecule has 0 fully saturated rings. The zero-order chi connectivity index (χ0) is 10.5. The molecule has 0 aliphatic rings. The van der Waals surface area contributed by atoms with Crippen molar-refractivity contribution in [1.82, 2.24) is 0 Å². The van der Waals surface area contributed by atoms with Gasteiger partial charge in [-0.15, -0.1) is 0 Å². The molecule has 0 aromatic rings. The highest BCUT2D eigenvalue weighted by Crippen LogP contribution is 2.07. The molecule has 0 spiro atoms. The molecule has 0 aliphatic heterocycles. The molecule has 0 aliphatic carbocycles. The Bertz CT molecular complexity index is 136. The molecule has 0 saturated carbocycles. The van der Waals surface area contributed by atoms with Gasteiger partial charge >= 0.3 is 0 Å². The van der Waals surface area contributed by atoms with Gasteiger partial charge in [-0.1, -0.05) is 0 Å². The molecule has 0 heterocycles. The fourth-order valence-electron chi connectivity index (χ4n) is 1.03. The van der Waals surface area contributed by atoms with Gasteiger partial charge in [-0.25, -0.2) is 0 Å². The second-order valence-corrected chi connectivity index (χ2v) is 5.29. The molecule has 80 valence electrons. The molecule has 0 unspecified atom stereocenters. The highest BCUT2D eigenvalue weighted by atomic mass is 16.5. The van der Waals surface area contributed by atoms with Crippen molar-refractivity contribution in [3.8, 4) is 0 Å². The average molecular weight is 188 g/mol. The summed E-state index contributed by atoms with van der Waals surface area (Å²) >= 11 is 0. The van der Waals surface area contributed by atoms with Crippen LogP contribution in [0.4, 0.5) is 0 Å². The Balaban J connectivity index is 3.47. The van der Waals surface area contributed by atoms with E-state index in [1.54, 1.807) is 0 Å². The van der Waals surface area contributed by atoms with E-state index < -0.39 is 0 Å². The Kier molecular flexibility index (Phi) is 4.93. The number of hydrogen-bond donors (Lipinski definition) is 0. The molecule has 0 saturated heterocycles. The molecule has 0 N–H and O–H groups in total. The van der Waals surface area contributed by atoms with Crippen molar-refractivity contribution in [2.24, 2.45) is 0 Å². The van der Waals surface area contributed by atoms with Crippen molar-refractivity contribution in [2.45, 2.75) is 39.7 Å². The molecule has 0 amide bonds. The molecule has 13 heavy (non-hydrogen) atoms. The smallest absolute Gasteiger partial charge is 0.0804 e. The van der Waals surface area contributed by atoms with Crippen molar-refractivity contribution in [2.75, 3.05) is 33.8 Å². The van der Waals surface area contributed by atoms with E-state index in [-0.39, 0.29) is 5.60 Å². The van der Waals surface area contributed by atoms with E-state index in [2.05, 4.69) is 41.8 Å². The van der Waals surface area contributed by atoms with Gasteiger partial charge in [0.1, 0.15) is 0 Å². The van der Waals surface area contributed by atoms with Crippen LogP contribution < -0.4 is 0 Å².